The van der Waals surface area contributed by atoms with Gasteiger partial charge in [-0.15, -0.1) is 10.2 Å². The lowest BCUT2D eigenvalue weighted by Gasteiger charge is -2.10. The molecule has 2 heterocycles. The Bertz CT molecular complexity index is 1220. The number of hydrogen-bond donors (Lipinski definition) is 1. The predicted octanol–water partition coefficient (Wildman–Crippen LogP) is 3.73. The fourth-order valence-corrected chi connectivity index (χ4v) is 3.41. The standard InChI is InChI=1S/C20H17N7S/c1-13-4-3-5-14(2)18(13)27-20(28)17(11-22-27)19-23-25-26(24-19)12-16-8-6-15(10-21)7-9-16/h3-9,11,22H,12H2,1-2H3. The first-order valence-corrected chi connectivity index (χ1v) is 9.12. The average molecular weight is 387 g/mol. The summed E-state index contributed by atoms with van der Waals surface area (Å²) in [6.45, 7) is 4.57. The molecule has 0 unspecified atom stereocenters. The molecule has 2 aromatic heterocycles. The van der Waals surface area contributed by atoms with E-state index < -0.39 is 0 Å². The smallest absolute Gasteiger partial charge is 0.209 e. The number of aromatic nitrogens is 6. The van der Waals surface area contributed by atoms with E-state index in [9.17, 15) is 0 Å². The predicted molar refractivity (Wildman–Crippen MR) is 107 cm³/mol. The summed E-state index contributed by atoms with van der Waals surface area (Å²) in [7, 11) is 0. The van der Waals surface area contributed by atoms with Gasteiger partial charge in [0.2, 0.25) is 5.82 Å². The number of nitrogens with zero attached hydrogens (tertiary/aromatic N) is 6. The molecule has 7 nitrogen and oxygen atoms in total. The quantitative estimate of drug-likeness (QED) is 0.539. The molecule has 0 fully saturated rings. The Morgan fingerprint density at radius 2 is 1.82 bits per heavy atom. The Morgan fingerprint density at radius 1 is 1.11 bits per heavy atom. The van der Waals surface area contributed by atoms with E-state index in [2.05, 4.69) is 52.6 Å². The summed E-state index contributed by atoms with van der Waals surface area (Å²) in [5, 5.41) is 24.8. The van der Waals surface area contributed by atoms with Gasteiger partial charge in [0.1, 0.15) is 4.64 Å². The van der Waals surface area contributed by atoms with Crippen LogP contribution in [0.1, 0.15) is 22.3 Å². The van der Waals surface area contributed by atoms with Crippen LogP contribution in [0.4, 0.5) is 0 Å². The van der Waals surface area contributed by atoms with Gasteiger partial charge in [0.15, 0.2) is 0 Å². The van der Waals surface area contributed by atoms with Crippen molar-refractivity contribution in [3.63, 3.8) is 0 Å². The zero-order chi connectivity index (χ0) is 19.7. The Hall–Kier alpha value is -3.57. The number of benzene rings is 2. The van der Waals surface area contributed by atoms with Crippen LogP contribution in [0.15, 0.2) is 48.7 Å². The third-order valence-electron chi connectivity index (χ3n) is 4.54. The molecule has 1 N–H and O–H groups in total. The maximum Gasteiger partial charge on any atom is 0.209 e. The summed E-state index contributed by atoms with van der Waals surface area (Å²) in [5.41, 5.74) is 5.62. The van der Waals surface area contributed by atoms with E-state index in [-0.39, 0.29) is 0 Å². The minimum absolute atomic E-state index is 0.465. The van der Waals surface area contributed by atoms with Gasteiger partial charge < -0.3 is 0 Å². The SMILES string of the molecule is Cc1cccc(C)c1-n1[nH]cc(-c2nnn(Cc3ccc(C#N)cc3)n2)c1=S. The van der Waals surface area contributed by atoms with E-state index in [4.69, 9.17) is 17.5 Å². The van der Waals surface area contributed by atoms with Crippen LogP contribution in [0.25, 0.3) is 17.1 Å². The Labute approximate surface area is 166 Å². The molecular formula is C20H17N7S. The molecule has 0 aliphatic heterocycles. The summed E-state index contributed by atoms with van der Waals surface area (Å²) < 4.78 is 2.48. The lowest BCUT2D eigenvalue weighted by molar-refractivity contribution is 0.573. The van der Waals surface area contributed by atoms with Crippen molar-refractivity contribution in [3.05, 3.63) is 75.6 Å². The van der Waals surface area contributed by atoms with Gasteiger partial charge >= 0.3 is 0 Å². The van der Waals surface area contributed by atoms with Crippen LogP contribution in [-0.4, -0.2) is 30.0 Å². The van der Waals surface area contributed by atoms with Crippen LogP contribution >= 0.6 is 12.2 Å². The third kappa shape index (κ3) is 3.23. The molecule has 4 rings (SSSR count). The maximum absolute atomic E-state index is 8.89. The van der Waals surface area contributed by atoms with Gasteiger partial charge in [-0.2, -0.15) is 10.1 Å². The number of aromatic amines is 1. The van der Waals surface area contributed by atoms with Crippen LogP contribution in [0.2, 0.25) is 0 Å². The van der Waals surface area contributed by atoms with E-state index in [0.29, 0.717) is 22.6 Å². The number of H-pyrrole nitrogens is 1. The van der Waals surface area contributed by atoms with Gasteiger partial charge in [-0.3, -0.25) is 5.10 Å². The summed E-state index contributed by atoms with van der Waals surface area (Å²) in [4.78, 5) is 1.52. The molecule has 0 aliphatic rings. The number of nitrogens with one attached hydrogen (secondary N) is 1. The van der Waals surface area contributed by atoms with Gasteiger partial charge in [-0.25, -0.2) is 4.68 Å². The molecule has 138 valence electrons. The highest BCUT2D eigenvalue weighted by Crippen LogP contribution is 2.23. The molecule has 28 heavy (non-hydrogen) atoms. The van der Waals surface area contributed by atoms with Crippen LogP contribution in [-0.2, 0) is 6.54 Å². The van der Waals surface area contributed by atoms with E-state index in [1.54, 1.807) is 18.3 Å². The Morgan fingerprint density at radius 3 is 2.50 bits per heavy atom. The molecule has 4 aromatic rings. The molecule has 0 atom stereocenters. The largest absolute Gasteiger partial charge is 0.299 e. The molecule has 0 saturated heterocycles. The minimum atomic E-state index is 0.465. The number of rotatable bonds is 4. The maximum atomic E-state index is 8.89. The summed E-state index contributed by atoms with van der Waals surface area (Å²) in [6.07, 6.45) is 1.80. The second-order valence-electron chi connectivity index (χ2n) is 6.52. The third-order valence-corrected chi connectivity index (χ3v) is 4.94. The van der Waals surface area contributed by atoms with Gasteiger partial charge in [-0.05, 0) is 47.9 Å². The minimum Gasteiger partial charge on any atom is -0.299 e. The van der Waals surface area contributed by atoms with Crippen molar-refractivity contribution in [2.24, 2.45) is 0 Å². The fraction of sp³-hybridized carbons (Fsp3) is 0.150. The van der Waals surface area contributed by atoms with E-state index >= 15 is 0 Å². The molecular weight excluding hydrogens is 370 g/mol. The monoisotopic (exact) mass is 387 g/mol. The lowest BCUT2D eigenvalue weighted by Crippen LogP contribution is -2.04. The summed E-state index contributed by atoms with van der Waals surface area (Å²) in [6, 6.07) is 15.5. The second-order valence-corrected chi connectivity index (χ2v) is 6.91. The zero-order valence-corrected chi connectivity index (χ0v) is 16.2. The number of para-hydroxylation sites is 1. The first-order valence-electron chi connectivity index (χ1n) is 8.71. The summed E-state index contributed by atoms with van der Waals surface area (Å²) in [5.74, 6) is 0.472. The van der Waals surface area contributed by atoms with Gasteiger partial charge in [0.05, 0.1) is 29.4 Å². The second kappa shape index (κ2) is 7.21. The molecule has 0 aliphatic carbocycles. The van der Waals surface area contributed by atoms with Gasteiger partial charge in [0.25, 0.3) is 0 Å². The number of hydrogen-bond acceptors (Lipinski definition) is 5. The Kier molecular flexibility index (Phi) is 4.59. The van der Waals surface area contributed by atoms with Crippen molar-refractivity contribution < 1.29 is 0 Å². The lowest BCUT2D eigenvalue weighted by atomic mass is 10.1. The molecule has 0 amide bonds. The highest BCUT2D eigenvalue weighted by Gasteiger charge is 2.14. The van der Waals surface area contributed by atoms with Crippen LogP contribution in [0, 0.1) is 29.8 Å². The fourth-order valence-electron chi connectivity index (χ4n) is 3.12. The average Bonchev–Trinajstić information content (AvgIpc) is 3.29. The number of aryl methyl sites for hydroxylation is 2. The van der Waals surface area contributed by atoms with Gasteiger partial charge in [0, 0.05) is 6.20 Å². The highest BCUT2D eigenvalue weighted by molar-refractivity contribution is 7.71. The first kappa shape index (κ1) is 17.8. The van der Waals surface area contributed by atoms with Crippen molar-refractivity contribution in [1.29, 1.82) is 5.26 Å². The van der Waals surface area contributed by atoms with Crippen LogP contribution in [0.3, 0.4) is 0 Å². The van der Waals surface area contributed by atoms with E-state index in [1.165, 1.54) is 4.80 Å². The molecule has 8 heteroatoms. The molecule has 0 spiro atoms. The van der Waals surface area contributed by atoms with E-state index in [0.717, 1.165) is 27.9 Å². The van der Waals surface area contributed by atoms with Gasteiger partial charge in [-0.1, -0.05) is 42.5 Å². The molecule has 0 saturated carbocycles. The number of nitriles is 1. The number of tetrazole rings is 1. The molecule has 0 radical (unpaired) electrons. The zero-order valence-electron chi connectivity index (χ0n) is 15.4. The van der Waals surface area contributed by atoms with Crippen molar-refractivity contribution in [2.45, 2.75) is 20.4 Å². The normalized spacial score (nSPS) is 10.8. The molecule has 0 bridgehead atoms. The van der Waals surface area contributed by atoms with Crippen molar-refractivity contribution >= 4 is 12.2 Å². The van der Waals surface area contributed by atoms with Crippen LogP contribution in [0.5, 0.6) is 0 Å². The Balaban J connectivity index is 1.64. The topological polar surface area (TPSA) is 88.1 Å². The van der Waals surface area contributed by atoms with E-state index in [1.807, 2.05) is 22.9 Å². The van der Waals surface area contributed by atoms with Crippen molar-refractivity contribution in [3.8, 4) is 23.1 Å². The van der Waals surface area contributed by atoms with Crippen molar-refractivity contribution in [1.82, 2.24) is 30.0 Å². The summed E-state index contributed by atoms with van der Waals surface area (Å²) >= 11 is 5.66. The molecule has 2 aromatic carbocycles. The van der Waals surface area contributed by atoms with Crippen LogP contribution < -0.4 is 0 Å². The van der Waals surface area contributed by atoms with Crippen molar-refractivity contribution in [2.75, 3.05) is 0 Å². The first-order chi connectivity index (χ1) is 13.6. The highest BCUT2D eigenvalue weighted by atomic mass is 32.1.